The SMILES string of the molecule is O=C(Nc1cccc(Cl)c1)c1cnc(Nc2ccc(F)c(Cl)c2)nc1. The van der Waals surface area contributed by atoms with E-state index in [4.69, 9.17) is 23.2 Å². The molecular formula is C17H11Cl2FN4O. The molecule has 0 aliphatic carbocycles. The van der Waals surface area contributed by atoms with Crippen molar-refractivity contribution in [3.63, 3.8) is 0 Å². The third-order valence-corrected chi connectivity index (χ3v) is 3.70. The van der Waals surface area contributed by atoms with Crippen molar-refractivity contribution in [1.82, 2.24) is 9.97 Å². The van der Waals surface area contributed by atoms with Gasteiger partial charge in [-0.15, -0.1) is 0 Å². The van der Waals surface area contributed by atoms with Crippen LogP contribution in [-0.2, 0) is 0 Å². The molecular weight excluding hydrogens is 366 g/mol. The maximum Gasteiger partial charge on any atom is 0.258 e. The van der Waals surface area contributed by atoms with Crippen LogP contribution in [0.1, 0.15) is 10.4 Å². The van der Waals surface area contributed by atoms with Gasteiger partial charge in [-0.05, 0) is 36.4 Å². The van der Waals surface area contributed by atoms with Crippen LogP contribution in [0.2, 0.25) is 10.0 Å². The van der Waals surface area contributed by atoms with Crippen LogP contribution < -0.4 is 10.6 Å². The largest absolute Gasteiger partial charge is 0.324 e. The molecule has 0 unspecified atom stereocenters. The standard InChI is InChI=1S/C17H11Cl2FN4O/c18-11-2-1-3-12(6-11)23-16(25)10-8-21-17(22-9-10)24-13-4-5-15(20)14(19)7-13/h1-9H,(H,23,25)(H,21,22,24). The molecule has 0 aliphatic rings. The Bertz CT molecular complexity index is 919. The van der Waals surface area contributed by atoms with Crippen LogP contribution in [0.25, 0.3) is 0 Å². The third-order valence-electron chi connectivity index (χ3n) is 3.17. The van der Waals surface area contributed by atoms with Gasteiger partial charge in [0.05, 0.1) is 10.6 Å². The predicted octanol–water partition coefficient (Wildman–Crippen LogP) is 4.92. The summed E-state index contributed by atoms with van der Waals surface area (Å²) in [5, 5.41) is 6.08. The van der Waals surface area contributed by atoms with Crippen LogP contribution in [0.4, 0.5) is 21.7 Å². The smallest absolute Gasteiger partial charge is 0.258 e. The maximum atomic E-state index is 13.1. The number of nitrogens with one attached hydrogen (secondary N) is 2. The number of aromatic nitrogens is 2. The molecule has 0 fully saturated rings. The average molecular weight is 377 g/mol. The number of halogens is 3. The van der Waals surface area contributed by atoms with E-state index in [1.54, 1.807) is 24.3 Å². The number of hydrogen-bond acceptors (Lipinski definition) is 4. The van der Waals surface area contributed by atoms with Crippen molar-refractivity contribution >= 4 is 46.4 Å². The summed E-state index contributed by atoms with van der Waals surface area (Å²) < 4.78 is 13.1. The van der Waals surface area contributed by atoms with Gasteiger partial charge in [-0.2, -0.15) is 0 Å². The summed E-state index contributed by atoms with van der Waals surface area (Å²) in [5.41, 5.74) is 1.38. The molecule has 25 heavy (non-hydrogen) atoms. The first-order chi connectivity index (χ1) is 12.0. The minimum Gasteiger partial charge on any atom is -0.324 e. The third kappa shape index (κ3) is 4.43. The zero-order valence-electron chi connectivity index (χ0n) is 12.6. The molecule has 0 radical (unpaired) electrons. The van der Waals surface area contributed by atoms with Crippen molar-refractivity contribution in [3.05, 3.63) is 76.3 Å². The van der Waals surface area contributed by atoms with Gasteiger partial charge in [-0.3, -0.25) is 4.79 Å². The number of carbonyl (C=O) groups is 1. The number of hydrogen-bond donors (Lipinski definition) is 2. The van der Waals surface area contributed by atoms with Crippen LogP contribution in [0.3, 0.4) is 0 Å². The van der Waals surface area contributed by atoms with Gasteiger partial charge in [0.25, 0.3) is 5.91 Å². The summed E-state index contributed by atoms with van der Waals surface area (Å²) >= 11 is 11.6. The Kier molecular flexibility index (Phi) is 5.11. The zero-order chi connectivity index (χ0) is 17.8. The van der Waals surface area contributed by atoms with Gasteiger partial charge < -0.3 is 10.6 Å². The molecule has 0 atom stereocenters. The Morgan fingerprint density at radius 2 is 1.76 bits per heavy atom. The number of nitrogens with zero attached hydrogens (tertiary/aromatic N) is 2. The second-order valence-electron chi connectivity index (χ2n) is 5.01. The quantitative estimate of drug-likeness (QED) is 0.678. The van der Waals surface area contributed by atoms with Crippen molar-refractivity contribution in [1.29, 1.82) is 0 Å². The van der Waals surface area contributed by atoms with Crippen LogP contribution in [-0.4, -0.2) is 15.9 Å². The van der Waals surface area contributed by atoms with Crippen LogP contribution in [0.15, 0.2) is 54.9 Å². The number of carbonyl (C=O) groups excluding carboxylic acids is 1. The average Bonchev–Trinajstić information content (AvgIpc) is 2.59. The topological polar surface area (TPSA) is 66.9 Å². The predicted molar refractivity (Wildman–Crippen MR) is 96.1 cm³/mol. The van der Waals surface area contributed by atoms with Crippen LogP contribution >= 0.6 is 23.2 Å². The molecule has 3 aromatic rings. The van der Waals surface area contributed by atoms with Gasteiger partial charge in [0.2, 0.25) is 5.95 Å². The van der Waals surface area contributed by atoms with Crippen LogP contribution in [0.5, 0.6) is 0 Å². The van der Waals surface area contributed by atoms with E-state index in [1.807, 2.05) is 0 Å². The minimum atomic E-state index is -0.513. The van der Waals surface area contributed by atoms with Crippen molar-refractivity contribution in [2.45, 2.75) is 0 Å². The molecule has 5 nitrogen and oxygen atoms in total. The fourth-order valence-corrected chi connectivity index (χ4v) is 2.35. The summed E-state index contributed by atoms with van der Waals surface area (Å²) in [6, 6.07) is 11.0. The van der Waals surface area contributed by atoms with E-state index in [1.165, 1.54) is 30.6 Å². The van der Waals surface area contributed by atoms with E-state index in [9.17, 15) is 9.18 Å². The molecule has 1 amide bonds. The summed E-state index contributed by atoms with van der Waals surface area (Å²) in [6.45, 7) is 0. The molecule has 2 aromatic carbocycles. The lowest BCUT2D eigenvalue weighted by Crippen LogP contribution is -2.13. The van der Waals surface area contributed by atoms with Crippen molar-refractivity contribution in [2.75, 3.05) is 10.6 Å². The Morgan fingerprint density at radius 3 is 2.44 bits per heavy atom. The summed E-state index contributed by atoms with van der Waals surface area (Å²) in [4.78, 5) is 20.3. The van der Waals surface area contributed by atoms with E-state index in [2.05, 4.69) is 20.6 Å². The molecule has 2 N–H and O–H groups in total. The Hall–Kier alpha value is -2.70. The molecule has 126 valence electrons. The second-order valence-corrected chi connectivity index (χ2v) is 5.86. The fourth-order valence-electron chi connectivity index (χ4n) is 1.98. The first kappa shape index (κ1) is 17.1. The molecule has 0 aliphatic heterocycles. The maximum absolute atomic E-state index is 13.1. The second kappa shape index (κ2) is 7.46. The van der Waals surface area contributed by atoms with Crippen molar-refractivity contribution in [2.24, 2.45) is 0 Å². The van der Waals surface area contributed by atoms with E-state index < -0.39 is 5.82 Å². The van der Waals surface area contributed by atoms with E-state index >= 15 is 0 Å². The van der Waals surface area contributed by atoms with Crippen LogP contribution in [0, 0.1) is 5.82 Å². The number of rotatable bonds is 4. The number of anilines is 3. The van der Waals surface area contributed by atoms with Gasteiger partial charge in [0.15, 0.2) is 0 Å². The highest BCUT2D eigenvalue weighted by atomic mass is 35.5. The zero-order valence-corrected chi connectivity index (χ0v) is 14.1. The minimum absolute atomic E-state index is 0.0116. The summed E-state index contributed by atoms with van der Waals surface area (Å²) in [5.74, 6) is -0.623. The molecule has 1 aromatic heterocycles. The molecule has 1 heterocycles. The number of benzene rings is 2. The number of amides is 1. The molecule has 0 bridgehead atoms. The Balaban J connectivity index is 1.69. The van der Waals surface area contributed by atoms with Gasteiger partial charge >= 0.3 is 0 Å². The molecule has 3 rings (SSSR count). The lowest BCUT2D eigenvalue weighted by Gasteiger charge is -2.07. The van der Waals surface area contributed by atoms with E-state index in [0.717, 1.165) is 0 Å². The summed E-state index contributed by atoms with van der Waals surface area (Å²) in [6.07, 6.45) is 2.75. The van der Waals surface area contributed by atoms with E-state index in [-0.39, 0.29) is 22.4 Å². The van der Waals surface area contributed by atoms with Gasteiger partial charge in [0, 0.05) is 28.8 Å². The lowest BCUT2D eigenvalue weighted by molar-refractivity contribution is 0.102. The Labute approximate surface area is 152 Å². The summed E-state index contributed by atoms with van der Waals surface area (Å²) in [7, 11) is 0. The highest BCUT2D eigenvalue weighted by Gasteiger charge is 2.09. The molecule has 0 spiro atoms. The van der Waals surface area contributed by atoms with Crippen molar-refractivity contribution in [3.8, 4) is 0 Å². The Morgan fingerprint density at radius 1 is 1.00 bits per heavy atom. The van der Waals surface area contributed by atoms with Gasteiger partial charge in [-0.25, -0.2) is 14.4 Å². The highest BCUT2D eigenvalue weighted by molar-refractivity contribution is 6.31. The fraction of sp³-hybridized carbons (Fsp3) is 0. The van der Waals surface area contributed by atoms with Crippen molar-refractivity contribution < 1.29 is 9.18 Å². The lowest BCUT2D eigenvalue weighted by atomic mass is 10.3. The molecule has 0 saturated carbocycles. The monoisotopic (exact) mass is 376 g/mol. The first-order valence-corrected chi connectivity index (χ1v) is 7.88. The molecule has 8 heteroatoms. The normalized spacial score (nSPS) is 10.4. The van der Waals surface area contributed by atoms with Gasteiger partial charge in [-0.1, -0.05) is 29.3 Å². The molecule has 0 saturated heterocycles. The first-order valence-electron chi connectivity index (χ1n) is 7.12. The van der Waals surface area contributed by atoms with Gasteiger partial charge in [0.1, 0.15) is 5.82 Å². The van der Waals surface area contributed by atoms with E-state index in [0.29, 0.717) is 16.4 Å². The highest BCUT2D eigenvalue weighted by Crippen LogP contribution is 2.21.